The van der Waals surface area contributed by atoms with Crippen molar-refractivity contribution in [2.45, 2.75) is 26.3 Å². The Bertz CT molecular complexity index is 547. The quantitative estimate of drug-likeness (QED) is 0.651. The van der Waals surface area contributed by atoms with Crippen molar-refractivity contribution in [3.05, 3.63) is 25.6 Å². The van der Waals surface area contributed by atoms with Crippen LogP contribution in [0.3, 0.4) is 0 Å². The smallest absolute Gasteiger partial charge is 0.323 e. The van der Waals surface area contributed by atoms with Crippen LogP contribution in [-0.4, -0.2) is 34.1 Å². The number of hydrogen-bond acceptors (Lipinski definition) is 2. The molecule has 1 aromatic rings. The molecule has 0 radical (unpaired) electrons. The molecule has 0 saturated heterocycles. The van der Waals surface area contributed by atoms with Gasteiger partial charge >= 0.3 is 12.0 Å². The fraction of sp³-hybridized carbons (Fsp3) is 0.385. The molecule has 0 spiro atoms. The second-order valence-corrected chi connectivity index (χ2v) is 7.95. The lowest BCUT2D eigenvalue weighted by molar-refractivity contribution is -0.138. The molecule has 21 heavy (non-hydrogen) atoms. The molecule has 0 bridgehead atoms. The zero-order valence-electron chi connectivity index (χ0n) is 11.7. The highest BCUT2D eigenvalue weighted by Gasteiger charge is 2.29. The number of benzene rings is 1. The van der Waals surface area contributed by atoms with E-state index in [-0.39, 0.29) is 6.54 Å². The number of carboxylic acids is 1. The molecule has 2 N–H and O–H groups in total. The van der Waals surface area contributed by atoms with Gasteiger partial charge in [0, 0.05) is 19.0 Å². The SMILES string of the molecule is CC(C)(C)N(CC(=O)O)C(=O)Nc1c(Br)cc(Br)cc1Br. The first-order valence-corrected chi connectivity index (χ1v) is 8.35. The van der Waals surface area contributed by atoms with Crippen molar-refractivity contribution in [1.29, 1.82) is 0 Å². The van der Waals surface area contributed by atoms with E-state index in [1.165, 1.54) is 4.90 Å². The van der Waals surface area contributed by atoms with Gasteiger partial charge in [0.2, 0.25) is 0 Å². The lowest BCUT2D eigenvalue weighted by atomic mass is 10.1. The Kier molecular flexibility index (Phi) is 6.24. The Labute approximate surface area is 148 Å². The lowest BCUT2D eigenvalue weighted by Gasteiger charge is -2.34. The molecule has 0 aliphatic rings. The number of halogens is 3. The number of nitrogens with one attached hydrogen (secondary N) is 1. The first kappa shape index (κ1) is 18.4. The fourth-order valence-corrected chi connectivity index (χ4v) is 4.04. The van der Waals surface area contributed by atoms with Crippen LogP contribution in [-0.2, 0) is 4.79 Å². The third-order valence-electron chi connectivity index (χ3n) is 2.59. The molecule has 8 heteroatoms. The molecule has 0 heterocycles. The Balaban J connectivity index is 3.05. The van der Waals surface area contributed by atoms with E-state index in [9.17, 15) is 9.59 Å². The molecule has 0 aromatic heterocycles. The summed E-state index contributed by atoms with van der Waals surface area (Å²) >= 11 is 10.1. The predicted octanol–water partition coefficient (Wildman–Crippen LogP) is 4.69. The van der Waals surface area contributed by atoms with Crippen LogP contribution in [0.5, 0.6) is 0 Å². The summed E-state index contributed by atoms with van der Waals surface area (Å²) in [5, 5.41) is 11.7. The van der Waals surface area contributed by atoms with Crippen LogP contribution >= 0.6 is 47.8 Å². The van der Waals surface area contributed by atoms with E-state index in [0.717, 1.165) is 4.47 Å². The number of aliphatic carboxylic acids is 1. The van der Waals surface area contributed by atoms with Crippen molar-refractivity contribution in [3.8, 4) is 0 Å². The van der Waals surface area contributed by atoms with E-state index >= 15 is 0 Å². The molecular weight excluding hydrogens is 472 g/mol. The number of carbonyl (C=O) groups excluding carboxylic acids is 1. The van der Waals surface area contributed by atoms with E-state index < -0.39 is 17.5 Å². The number of carboxylic acid groups (broad SMARTS) is 1. The van der Waals surface area contributed by atoms with Gasteiger partial charge in [-0.15, -0.1) is 0 Å². The van der Waals surface area contributed by atoms with Gasteiger partial charge in [-0.25, -0.2) is 4.79 Å². The zero-order chi connectivity index (χ0) is 16.4. The molecule has 116 valence electrons. The number of anilines is 1. The summed E-state index contributed by atoms with van der Waals surface area (Å²) in [4.78, 5) is 24.6. The van der Waals surface area contributed by atoms with E-state index in [1.54, 1.807) is 32.9 Å². The standard InChI is InChI=1S/C13H15Br3N2O3/c1-13(2,3)18(6-10(19)20)12(21)17-11-8(15)4-7(14)5-9(11)16/h4-5H,6H2,1-3H3,(H,17,21)(H,19,20). The van der Waals surface area contributed by atoms with Crippen molar-refractivity contribution in [3.63, 3.8) is 0 Å². The molecular formula is C13H15Br3N2O3. The largest absolute Gasteiger partial charge is 0.480 e. The average Bonchev–Trinajstić information content (AvgIpc) is 2.28. The highest BCUT2D eigenvalue weighted by Crippen LogP contribution is 2.34. The van der Waals surface area contributed by atoms with Gasteiger partial charge in [-0.05, 0) is 64.8 Å². The van der Waals surface area contributed by atoms with Crippen molar-refractivity contribution >= 4 is 65.5 Å². The normalized spacial score (nSPS) is 11.1. The third-order valence-corrected chi connectivity index (χ3v) is 4.30. The topological polar surface area (TPSA) is 69.6 Å². The van der Waals surface area contributed by atoms with Crippen LogP contribution in [0.4, 0.5) is 10.5 Å². The summed E-state index contributed by atoms with van der Waals surface area (Å²) in [6.07, 6.45) is 0. The maximum Gasteiger partial charge on any atom is 0.323 e. The molecule has 2 amide bonds. The Morgan fingerprint density at radius 2 is 1.67 bits per heavy atom. The summed E-state index contributed by atoms with van der Waals surface area (Å²) in [5.74, 6) is -1.06. The van der Waals surface area contributed by atoms with E-state index in [4.69, 9.17) is 5.11 Å². The zero-order valence-corrected chi connectivity index (χ0v) is 16.5. The van der Waals surface area contributed by atoms with Gasteiger partial charge in [-0.2, -0.15) is 0 Å². The molecule has 0 unspecified atom stereocenters. The number of nitrogens with zero attached hydrogens (tertiary/aromatic N) is 1. The van der Waals surface area contributed by atoms with Crippen LogP contribution in [0.2, 0.25) is 0 Å². The number of hydrogen-bond donors (Lipinski definition) is 2. The monoisotopic (exact) mass is 484 g/mol. The first-order valence-electron chi connectivity index (χ1n) is 5.97. The Hall–Kier alpha value is -0.600. The minimum absolute atomic E-state index is 0.374. The summed E-state index contributed by atoms with van der Waals surface area (Å²) in [6.45, 7) is 4.96. The van der Waals surface area contributed by atoms with Crippen LogP contribution in [0, 0.1) is 0 Å². The van der Waals surface area contributed by atoms with Crippen LogP contribution in [0.1, 0.15) is 20.8 Å². The van der Waals surface area contributed by atoms with Crippen molar-refractivity contribution < 1.29 is 14.7 Å². The van der Waals surface area contributed by atoms with Gasteiger partial charge in [0.1, 0.15) is 6.54 Å². The molecule has 5 nitrogen and oxygen atoms in total. The second kappa shape index (κ2) is 7.11. The third kappa shape index (κ3) is 5.27. The fourth-order valence-electron chi connectivity index (χ4n) is 1.58. The number of rotatable bonds is 3. The lowest BCUT2D eigenvalue weighted by Crippen LogP contribution is -2.50. The molecule has 1 rings (SSSR count). The summed E-state index contributed by atoms with van der Waals surface area (Å²) in [6, 6.07) is 3.10. The Morgan fingerprint density at radius 1 is 1.19 bits per heavy atom. The molecule has 0 atom stereocenters. The van der Waals surface area contributed by atoms with E-state index in [2.05, 4.69) is 53.1 Å². The highest BCUT2D eigenvalue weighted by atomic mass is 79.9. The van der Waals surface area contributed by atoms with Crippen molar-refractivity contribution in [2.24, 2.45) is 0 Å². The predicted molar refractivity (Wildman–Crippen MR) is 92.7 cm³/mol. The molecule has 0 fully saturated rings. The Morgan fingerprint density at radius 3 is 2.05 bits per heavy atom. The minimum Gasteiger partial charge on any atom is -0.480 e. The molecule has 1 aromatic carbocycles. The summed E-state index contributed by atoms with van der Waals surface area (Å²) in [7, 11) is 0. The molecule has 0 aliphatic carbocycles. The van der Waals surface area contributed by atoms with Gasteiger partial charge in [-0.1, -0.05) is 15.9 Å². The van der Waals surface area contributed by atoms with Crippen LogP contribution < -0.4 is 5.32 Å². The maximum absolute atomic E-state index is 12.4. The number of carbonyl (C=O) groups is 2. The van der Waals surface area contributed by atoms with Crippen molar-refractivity contribution in [1.82, 2.24) is 4.90 Å². The average molecular weight is 487 g/mol. The van der Waals surface area contributed by atoms with Crippen LogP contribution in [0.15, 0.2) is 25.6 Å². The number of urea groups is 1. The van der Waals surface area contributed by atoms with Gasteiger partial charge < -0.3 is 15.3 Å². The van der Waals surface area contributed by atoms with E-state index in [0.29, 0.717) is 14.6 Å². The second-order valence-electron chi connectivity index (χ2n) is 5.33. The van der Waals surface area contributed by atoms with Gasteiger partial charge in [0.05, 0.1) is 5.69 Å². The van der Waals surface area contributed by atoms with Crippen LogP contribution in [0.25, 0.3) is 0 Å². The highest BCUT2D eigenvalue weighted by molar-refractivity contribution is 9.11. The number of amides is 2. The summed E-state index contributed by atoms with van der Waals surface area (Å²) < 4.78 is 2.21. The minimum atomic E-state index is -1.06. The van der Waals surface area contributed by atoms with Crippen molar-refractivity contribution in [2.75, 3.05) is 11.9 Å². The molecule has 0 saturated carbocycles. The first-order chi connectivity index (χ1) is 9.52. The molecule has 0 aliphatic heterocycles. The van der Waals surface area contributed by atoms with Gasteiger partial charge in [0.25, 0.3) is 0 Å². The maximum atomic E-state index is 12.4. The van der Waals surface area contributed by atoms with Gasteiger partial charge in [0.15, 0.2) is 0 Å². The van der Waals surface area contributed by atoms with Gasteiger partial charge in [-0.3, -0.25) is 4.79 Å². The van der Waals surface area contributed by atoms with E-state index in [1.807, 2.05) is 0 Å². The summed E-state index contributed by atoms with van der Waals surface area (Å²) in [5.41, 5.74) is -0.0700.